The van der Waals surface area contributed by atoms with Gasteiger partial charge in [-0.1, -0.05) is 140 Å². The molecule has 0 aliphatic carbocycles. The number of nitrogens with zero attached hydrogens (tertiary/aromatic N) is 4. The van der Waals surface area contributed by atoms with Crippen molar-refractivity contribution in [3.05, 3.63) is 206 Å². The van der Waals surface area contributed by atoms with Crippen LogP contribution >= 0.6 is 0 Å². The molecule has 63 heavy (non-hydrogen) atoms. The lowest BCUT2D eigenvalue weighted by atomic mass is 10.00. The van der Waals surface area contributed by atoms with Crippen LogP contribution in [0.3, 0.4) is 0 Å². The van der Waals surface area contributed by atoms with Gasteiger partial charge in [0.15, 0.2) is 5.82 Å². The lowest BCUT2D eigenvalue weighted by molar-refractivity contribution is 0.670. The number of benzene rings is 10. The number of hydrogen-bond acceptors (Lipinski definition) is 3. The highest BCUT2D eigenvalue weighted by atomic mass is 16.3. The van der Waals surface area contributed by atoms with Crippen molar-refractivity contribution in [1.82, 2.24) is 19.1 Å². The third-order valence-corrected chi connectivity index (χ3v) is 13.1. The first-order chi connectivity index (χ1) is 31.2. The second kappa shape index (κ2) is 13.0. The SMILES string of the molecule is c1ccc2cc3c(cc2c1)c1ccc(-n2c4ccccc4c4ccccc42)cc1n3-c1ccc(-c2nc(-c3cccc4c3oc3ccccc34)c3ccccc3n2)c2ccccc12. The normalized spacial score (nSPS) is 12.1. The molecular weight excluding hydrogens is 769 g/mol. The molecule has 0 radical (unpaired) electrons. The Balaban J connectivity index is 1.03. The summed E-state index contributed by atoms with van der Waals surface area (Å²) in [6, 6.07) is 73.8. The Labute approximate surface area is 360 Å². The van der Waals surface area contributed by atoms with Gasteiger partial charge in [0.1, 0.15) is 11.2 Å². The summed E-state index contributed by atoms with van der Waals surface area (Å²) in [5.74, 6) is 0.668. The van der Waals surface area contributed by atoms with Gasteiger partial charge in [0.25, 0.3) is 0 Å². The first-order valence-corrected chi connectivity index (χ1v) is 21.4. The maximum Gasteiger partial charge on any atom is 0.161 e. The molecule has 5 heteroatoms. The van der Waals surface area contributed by atoms with E-state index in [1.54, 1.807) is 0 Å². The molecule has 0 saturated carbocycles. The largest absolute Gasteiger partial charge is 0.455 e. The summed E-state index contributed by atoms with van der Waals surface area (Å²) in [5.41, 5.74) is 12.2. The van der Waals surface area contributed by atoms with E-state index >= 15 is 0 Å². The highest BCUT2D eigenvalue weighted by Crippen LogP contribution is 2.43. The maximum absolute atomic E-state index is 6.57. The zero-order chi connectivity index (χ0) is 41.2. The minimum absolute atomic E-state index is 0.668. The lowest BCUT2D eigenvalue weighted by Crippen LogP contribution is -2.00. The van der Waals surface area contributed by atoms with Crippen LogP contribution in [0, 0.1) is 0 Å². The number of aromatic nitrogens is 4. The lowest BCUT2D eigenvalue weighted by Gasteiger charge is -2.16. The number of furan rings is 1. The van der Waals surface area contributed by atoms with Gasteiger partial charge in [0.05, 0.1) is 39.0 Å². The molecule has 14 aromatic rings. The van der Waals surface area contributed by atoms with Crippen molar-refractivity contribution in [3.63, 3.8) is 0 Å². The van der Waals surface area contributed by atoms with Crippen LogP contribution in [0.15, 0.2) is 211 Å². The zero-order valence-electron chi connectivity index (χ0n) is 33.8. The summed E-state index contributed by atoms with van der Waals surface area (Å²) in [6.45, 7) is 0. The van der Waals surface area contributed by atoms with Gasteiger partial charge in [-0.25, -0.2) is 9.97 Å². The van der Waals surface area contributed by atoms with Gasteiger partial charge < -0.3 is 13.6 Å². The molecule has 0 spiro atoms. The fourth-order valence-corrected chi connectivity index (χ4v) is 10.3. The van der Waals surface area contributed by atoms with E-state index in [1.807, 2.05) is 18.2 Å². The first-order valence-electron chi connectivity index (χ1n) is 21.4. The fourth-order valence-electron chi connectivity index (χ4n) is 10.3. The van der Waals surface area contributed by atoms with Crippen molar-refractivity contribution >= 4 is 98.0 Å². The maximum atomic E-state index is 6.57. The molecule has 10 aromatic carbocycles. The molecule has 0 N–H and O–H groups in total. The molecule has 5 nitrogen and oxygen atoms in total. The van der Waals surface area contributed by atoms with Crippen LogP contribution in [0.4, 0.5) is 0 Å². The van der Waals surface area contributed by atoms with Gasteiger partial charge in [0, 0.05) is 59.9 Å². The standard InChI is InChI=1S/C58H34N4O/c1-2-15-36-33-53-48(32-35(36)14-1)42-29-28-37(61-50-25-10-6-18-40(50)41-19-7-11-26-51(41)61)34-54(42)62(53)52-31-30-45(38-16-3-4-17-39(38)52)58-59-49-24-9-5-21-46(49)56(60-58)47-23-13-22-44-43-20-8-12-27-55(43)63-57(44)47/h1-34H. The van der Waals surface area contributed by atoms with E-state index in [2.05, 4.69) is 197 Å². The van der Waals surface area contributed by atoms with E-state index in [9.17, 15) is 0 Å². The molecular formula is C58H34N4O. The van der Waals surface area contributed by atoms with E-state index in [0.29, 0.717) is 5.82 Å². The van der Waals surface area contributed by atoms with Crippen molar-refractivity contribution in [2.75, 3.05) is 0 Å². The van der Waals surface area contributed by atoms with E-state index < -0.39 is 0 Å². The Bertz CT molecular complexity index is 4170. The molecule has 0 aliphatic rings. The molecule has 4 aromatic heterocycles. The van der Waals surface area contributed by atoms with Crippen molar-refractivity contribution in [2.24, 2.45) is 0 Å². The Morgan fingerprint density at radius 1 is 0.349 bits per heavy atom. The van der Waals surface area contributed by atoms with Crippen molar-refractivity contribution in [1.29, 1.82) is 0 Å². The Kier molecular flexibility index (Phi) is 7.05. The van der Waals surface area contributed by atoms with Gasteiger partial charge in [-0.15, -0.1) is 0 Å². The Hall–Kier alpha value is -8.54. The highest BCUT2D eigenvalue weighted by molar-refractivity contribution is 6.17. The third kappa shape index (κ3) is 4.93. The minimum atomic E-state index is 0.668. The summed E-state index contributed by atoms with van der Waals surface area (Å²) < 4.78 is 11.4. The number of para-hydroxylation sites is 5. The monoisotopic (exact) mass is 802 g/mol. The van der Waals surface area contributed by atoms with Crippen molar-refractivity contribution < 1.29 is 4.42 Å². The quantitative estimate of drug-likeness (QED) is 0.178. The summed E-state index contributed by atoms with van der Waals surface area (Å²) in [5, 5.41) is 12.7. The molecule has 292 valence electrons. The highest BCUT2D eigenvalue weighted by Gasteiger charge is 2.22. The predicted molar refractivity (Wildman–Crippen MR) is 261 cm³/mol. The van der Waals surface area contributed by atoms with Crippen molar-refractivity contribution in [2.45, 2.75) is 0 Å². The summed E-state index contributed by atoms with van der Waals surface area (Å²) in [6.07, 6.45) is 0. The second-order valence-corrected chi connectivity index (χ2v) is 16.5. The van der Waals surface area contributed by atoms with E-state index in [4.69, 9.17) is 14.4 Å². The second-order valence-electron chi connectivity index (χ2n) is 16.5. The van der Waals surface area contributed by atoms with Crippen LogP contribution in [0.25, 0.3) is 132 Å². The molecule has 4 heterocycles. The van der Waals surface area contributed by atoms with E-state index in [1.165, 1.54) is 43.4 Å². The van der Waals surface area contributed by atoms with Gasteiger partial charge in [0.2, 0.25) is 0 Å². The average molecular weight is 803 g/mol. The van der Waals surface area contributed by atoms with Crippen LogP contribution in [-0.4, -0.2) is 19.1 Å². The minimum Gasteiger partial charge on any atom is -0.455 e. The average Bonchev–Trinajstić information content (AvgIpc) is 4.00. The van der Waals surface area contributed by atoms with Gasteiger partial charge >= 0.3 is 0 Å². The van der Waals surface area contributed by atoms with Crippen molar-refractivity contribution in [3.8, 4) is 34.0 Å². The molecule has 0 amide bonds. The van der Waals surface area contributed by atoms with Crippen LogP contribution in [-0.2, 0) is 0 Å². The molecule has 0 bridgehead atoms. The number of hydrogen-bond donors (Lipinski definition) is 0. The van der Waals surface area contributed by atoms with E-state index in [-0.39, 0.29) is 0 Å². The first kappa shape index (κ1) is 34.2. The van der Waals surface area contributed by atoms with Crippen LogP contribution in [0.5, 0.6) is 0 Å². The van der Waals surface area contributed by atoms with Gasteiger partial charge in [-0.2, -0.15) is 0 Å². The fraction of sp³-hybridized carbons (Fsp3) is 0. The van der Waals surface area contributed by atoms with Crippen LogP contribution < -0.4 is 0 Å². The van der Waals surface area contributed by atoms with Crippen LogP contribution in [0.1, 0.15) is 0 Å². The molecule has 0 fully saturated rings. The molecule has 0 aliphatic heterocycles. The topological polar surface area (TPSA) is 48.8 Å². The van der Waals surface area contributed by atoms with Crippen LogP contribution in [0.2, 0.25) is 0 Å². The zero-order valence-corrected chi connectivity index (χ0v) is 33.8. The van der Waals surface area contributed by atoms with E-state index in [0.717, 1.165) is 82.8 Å². The molecule has 0 unspecified atom stereocenters. The molecule has 0 atom stereocenters. The third-order valence-electron chi connectivity index (χ3n) is 13.1. The molecule has 0 saturated heterocycles. The summed E-state index contributed by atoms with van der Waals surface area (Å²) >= 11 is 0. The summed E-state index contributed by atoms with van der Waals surface area (Å²) in [4.78, 5) is 10.7. The van der Waals surface area contributed by atoms with Gasteiger partial charge in [-0.05, 0) is 82.9 Å². The summed E-state index contributed by atoms with van der Waals surface area (Å²) in [7, 11) is 0. The Morgan fingerprint density at radius 2 is 0.968 bits per heavy atom. The Morgan fingerprint density at radius 3 is 1.78 bits per heavy atom. The van der Waals surface area contributed by atoms with Gasteiger partial charge in [-0.3, -0.25) is 0 Å². The number of rotatable bonds is 4. The molecule has 14 rings (SSSR count). The predicted octanol–water partition coefficient (Wildman–Crippen LogP) is 15.4. The smallest absolute Gasteiger partial charge is 0.161 e. The number of fused-ring (bicyclic) bond motifs is 12.